The molecular formula is C39H44N4O3. The lowest BCUT2D eigenvalue weighted by molar-refractivity contribution is -0.140. The van der Waals surface area contributed by atoms with Crippen LogP contribution in [0.5, 0.6) is 0 Å². The number of benzene rings is 4. The van der Waals surface area contributed by atoms with Gasteiger partial charge < -0.3 is 21.3 Å². The summed E-state index contributed by atoms with van der Waals surface area (Å²) in [4.78, 5) is 43.7. The molecule has 0 aromatic heterocycles. The molecule has 1 heterocycles. The predicted octanol–water partition coefficient (Wildman–Crippen LogP) is 5.52. The topological polar surface area (TPSA) is 105 Å². The molecule has 0 spiro atoms. The van der Waals surface area contributed by atoms with E-state index in [2.05, 4.69) is 10.6 Å². The minimum atomic E-state index is -0.738. The molecular weight excluding hydrogens is 572 g/mol. The van der Waals surface area contributed by atoms with Gasteiger partial charge >= 0.3 is 0 Å². The number of nitrogens with two attached hydrogens (primary N) is 1. The Balaban J connectivity index is 1.38. The van der Waals surface area contributed by atoms with E-state index in [0.717, 1.165) is 28.7 Å². The SMILES string of the molecule is NCCCC[C@H](NC(=O)C1C(c2ccccc2)CCN1C(=O)CC(c1ccccc1)c1ccccc1)C(=O)NCc1ccccc1. The van der Waals surface area contributed by atoms with E-state index >= 15 is 0 Å². The summed E-state index contributed by atoms with van der Waals surface area (Å²) in [6.45, 7) is 1.34. The fraction of sp³-hybridized carbons (Fsp3) is 0.308. The van der Waals surface area contributed by atoms with Gasteiger partial charge in [-0.15, -0.1) is 0 Å². The molecule has 46 heavy (non-hydrogen) atoms. The lowest BCUT2D eigenvalue weighted by atomic mass is 9.87. The zero-order valence-corrected chi connectivity index (χ0v) is 26.3. The first-order chi connectivity index (χ1) is 22.5. The number of hydrogen-bond donors (Lipinski definition) is 3. The average molecular weight is 617 g/mol. The quantitative estimate of drug-likeness (QED) is 0.162. The third-order valence-corrected chi connectivity index (χ3v) is 8.89. The van der Waals surface area contributed by atoms with Crippen LogP contribution in [-0.4, -0.2) is 47.8 Å². The number of carbonyl (C=O) groups excluding carboxylic acids is 3. The molecule has 7 nitrogen and oxygen atoms in total. The van der Waals surface area contributed by atoms with Crippen molar-refractivity contribution in [2.45, 2.75) is 62.6 Å². The second-order valence-corrected chi connectivity index (χ2v) is 12.0. The van der Waals surface area contributed by atoms with Gasteiger partial charge in [-0.1, -0.05) is 121 Å². The molecule has 3 atom stereocenters. The van der Waals surface area contributed by atoms with Crippen molar-refractivity contribution in [3.63, 3.8) is 0 Å². The smallest absolute Gasteiger partial charge is 0.244 e. The fourth-order valence-electron chi connectivity index (χ4n) is 6.46. The molecule has 1 aliphatic heterocycles. The van der Waals surface area contributed by atoms with Crippen LogP contribution in [0.1, 0.15) is 66.2 Å². The van der Waals surface area contributed by atoms with Gasteiger partial charge in [0.05, 0.1) is 0 Å². The monoisotopic (exact) mass is 616 g/mol. The summed E-state index contributed by atoms with van der Waals surface area (Å²) in [5, 5.41) is 6.07. The van der Waals surface area contributed by atoms with E-state index in [9.17, 15) is 14.4 Å². The first-order valence-corrected chi connectivity index (χ1v) is 16.3. The molecule has 0 radical (unpaired) electrons. The highest BCUT2D eigenvalue weighted by molar-refractivity contribution is 5.93. The van der Waals surface area contributed by atoms with Crippen molar-refractivity contribution in [3.8, 4) is 0 Å². The molecule has 1 fully saturated rings. The van der Waals surface area contributed by atoms with Crippen molar-refractivity contribution < 1.29 is 14.4 Å². The first kappa shape index (κ1) is 32.6. The predicted molar refractivity (Wildman–Crippen MR) is 182 cm³/mol. The number of unbranched alkanes of at least 4 members (excludes halogenated alkanes) is 1. The summed E-state index contributed by atoms with van der Waals surface area (Å²) in [7, 11) is 0. The maximum Gasteiger partial charge on any atom is 0.244 e. The Morgan fingerprint density at radius 1 is 0.761 bits per heavy atom. The largest absolute Gasteiger partial charge is 0.350 e. The lowest BCUT2D eigenvalue weighted by Gasteiger charge is -2.31. The van der Waals surface area contributed by atoms with Crippen LogP contribution < -0.4 is 16.4 Å². The zero-order valence-electron chi connectivity index (χ0n) is 26.3. The molecule has 7 heteroatoms. The number of carbonyl (C=O) groups is 3. The summed E-state index contributed by atoms with van der Waals surface area (Å²) in [6, 6.07) is 38.2. The number of nitrogens with one attached hydrogen (secondary N) is 2. The van der Waals surface area contributed by atoms with Gasteiger partial charge in [0.2, 0.25) is 17.7 Å². The molecule has 0 bridgehead atoms. The number of likely N-dealkylation sites (tertiary alicyclic amines) is 1. The summed E-state index contributed by atoms with van der Waals surface area (Å²) in [5.74, 6) is -0.960. The Kier molecular flexibility index (Phi) is 11.7. The van der Waals surface area contributed by atoms with Crippen molar-refractivity contribution >= 4 is 17.7 Å². The summed E-state index contributed by atoms with van der Waals surface area (Å²) in [6.07, 6.45) is 2.80. The number of hydrogen-bond acceptors (Lipinski definition) is 4. The van der Waals surface area contributed by atoms with Crippen molar-refractivity contribution in [2.75, 3.05) is 13.1 Å². The average Bonchev–Trinajstić information content (AvgIpc) is 3.56. The van der Waals surface area contributed by atoms with E-state index in [-0.39, 0.29) is 36.0 Å². The molecule has 0 saturated carbocycles. The van der Waals surface area contributed by atoms with Crippen LogP contribution >= 0.6 is 0 Å². The summed E-state index contributed by atoms with van der Waals surface area (Å²) < 4.78 is 0. The van der Waals surface area contributed by atoms with E-state index in [4.69, 9.17) is 5.73 Å². The molecule has 4 aromatic carbocycles. The van der Waals surface area contributed by atoms with E-state index in [0.29, 0.717) is 38.9 Å². The van der Waals surface area contributed by atoms with Crippen molar-refractivity contribution in [1.29, 1.82) is 0 Å². The van der Waals surface area contributed by atoms with Crippen LogP contribution in [0.25, 0.3) is 0 Å². The normalized spacial score (nSPS) is 16.6. The maximum absolute atomic E-state index is 14.3. The third kappa shape index (κ3) is 8.49. The Morgan fingerprint density at radius 3 is 1.91 bits per heavy atom. The Bertz CT molecular complexity index is 1490. The molecule has 2 unspecified atom stereocenters. The van der Waals surface area contributed by atoms with Gasteiger partial charge in [0, 0.05) is 31.3 Å². The van der Waals surface area contributed by atoms with Crippen molar-refractivity contribution in [1.82, 2.24) is 15.5 Å². The van der Waals surface area contributed by atoms with Crippen LogP contribution in [-0.2, 0) is 20.9 Å². The Morgan fingerprint density at radius 2 is 1.33 bits per heavy atom. The number of nitrogens with zero attached hydrogens (tertiary/aromatic N) is 1. The van der Waals surface area contributed by atoms with Crippen LogP contribution in [0.15, 0.2) is 121 Å². The minimum absolute atomic E-state index is 0.0792. The van der Waals surface area contributed by atoms with Crippen LogP contribution in [0, 0.1) is 0 Å². The van der Waals surface area contributed by atoms with Crippen LogP contribution in [0.2, 0.25) is 0 Å². The standard InChI is InChI=1S/C39H44N4O3/c40-25-14-13-23-35(38(45)41-28-29-15-5-1-6-16-29)42-39(46)37-33(30-17-7-2-8-18-30)24-26-43(37)36(44)27-34(31-19-9-3-10-20-31)32-21-11-4-12-22-32/h1-12,15-22,33-35,37H,13-14,23-28,40H2,(H,41,45)(H,42,46)/t33?,35-,37?/m0/s1. The second kappa shape index (κ2) is 16.5. The van der Waals surface area contributed by atoms with E-state index in [1.807, 2.05) is 121 Å². The molecule has 1 saturated heterocycles. The Hall–Kier alpha value is -4.75. The van der Waals surface area contributed by atoms with Gasteiger partial charge in [-0.25, -0.2) is 0 Å². The molecule has 4 aromatic rings. The van der Waals surface area contributed by atoms with Gasteiger partial charge in [-0.2, -0.15) is 0 Å². The highest BCUT2D eigenvalue weighted by Crippen LogP contribution is 2.36. The molecule has 0 aliphatic carbocycles. The highest BCUT2D eigenvalue weighted by Gasteiger charge is 2.43. The molecule has 3 amide bonds. The summed E-state index contributed by atoms with van der Waals surface area (Å²) in [5.41, 5.74) is 9.84. The highest BCUT2D eigenvalue weighted by atomic mass is 16.2. The minimum Gasteiger partial charge on any atom is -0.350 e. The molecule has 5 rings (SSSR count). The van der Waals surface area contributed by atoms with Gasteiger partial charge in [0.1, 0.15) is 12.1 Å². The first-order valence-electron chi connectivity index (χ1n) is 16.3. The van der Waals surface area contributed by atoms with Gasteiger partial charge in [0.25, 0.3) is 0 Å². The lowest BCUT2D eigenvalue weighted by Crippen LogP contribution is -2.54. The van der Waals surface area contributed by atoms with Gasteiger partial charge in [0.15, 0.2) is 0 Å². The van der Waals surface area contributed by atoms with Crippen LogP contribution in [0.3, 0.4) is 0 Å². The van der Waals surface area contributed by atoms with E-state index in [1.165, 1.54) is 0 Å². The molecule has 238 valence electrons. The Labute approximate surface area is 272 Å². The van der Waals surface area contributed by atoms with Gasteiger partial charge in [-0.05, 0) is 54.5 Å². The zero-order chi connectivity index (χ0) is 32.1. The molecule has 1 aliphatic rings. The summed E-state index contributed by atoms with van der Waals surface area (Å²) >= 11 is 0. The second-order valence-electron chi connectivity index (χ2n) is 12.0. The number of amides is 3. The maximum atomic E-state index is 14.3. The van der Waals surface area contributed by atoms with Gasteiger partial charge in [-0.3, -0.25) is 14.4 Å². The fourth-order valence-corrected chi connectivity index (χ4v) is 6.46. The van der Waals surface area contributed by atoms with E-state index in [1.54, 1.807) is 4.90 Å². The van der Waals surface area contributed by atoms with Crippen molar-refractivity contribution in [2.24, 2.45) is 5.73 Å². The third-order valence-electron chi connectivity index (χ3n) is 8.89. The molecule has 4 N–H and O–H groups in total. The number of rotatable bonds is 14. The van der Waals surface area contributed by atoms with Crippen LogP contribution in [0.4, 0.5) is 0 Å². The van der Waals surface area contributed by atoms with Crippen molar-refractivity contribution in [3.05, 3.63) is 144 Å². The van der Waals surface area contributed by atoms with E-state index < -0.39 is 12.1 Å².